The monoisotopic (exact) mass is 328 g/mol. The normalized spacial score (nSPS) is 29.6. The Bertz CT molecular complexity index is 494. The van der Waals surface area contributed by atoms with Gasteiger partial charge in [-0.3, -0.25) is 4.79 Å². The highest BCUT2D eigenvalue weighted by molar-refractivity contribution is 7.87. The summed E-state index contributed by atoms with van der Waals surface area (Å²) in [5, 5.41) is 0. The maximum absolute atomic E-state index is 12.6. The highest BCUT2D eigenvalue weighted by atomic mass is 32.2. The van der Waals surface area contributed by atoms with E-state index in [1.165, 1.54) is 0 Å². The van der Waals surface area contributed by atoms with E-state index in [0.717, 1.165) is 19.3 Å². The molecule has 0 heterocycles. The van der Waals surface area contributed by atoms with Gasteiger partial charge in [-0.25, -0.2) is 4.18 Å². The fourth-order valence-corrected chi connectivity index (χ4v) is 4.22. The Kier molecular flexibility index (Phi) is 4.68. The lowest BCUT2D eigenvalue weighted by molar-refractivity contribution is -0.147. The van der Waals surface area contributed by atoms with Crippen LogP contribution in [0.3, 0.4) is 0 Å². The average Bonchev–Trinajstić information content (AvgIpc) is 2.41. The Balaban J connectivity index is 2.34. The molecule has 0 saturated heterocycles. The highest BCUT2D eigenvalue weighted by Gasteiger charge is 2.57. The van der Waals surface area contributed by atoms with Crippen molar-refractivity contribution in [1.82, 2.24) is 0 Å². The van der Waals surface area contributed by atoms with E-state index in [9.17, 15) is 26.4 Å². The molecular weight excluding hydrogens is 309 g/mol. The van der Waals surface area contributed by atoms with Crippen LogP contribution < -0.4 is 0 Å². The van der Waals surface area contributed by atoms with E-state index in [4.69, 9.17) is 0 Å². The van der Waals surface area contributed by atoms with Crippen molar-refractivity contribution >= 4 is 15.9 Å². The zero-order chi connectivity index (χ0) is 15.7. The van der Waals surface area contributed by atoms with Crippen LogP contribution in [-0.2, 0) is 19.1 Å². The second-order valence-electron chi connectivity index (χ2n) is 5.84. The number of alkyl halides is 3. The summed E-state index contributed by atoms with van der Waals surface area (Å²) in [5.41, 5.74) is -7.29. The summed E-state index contributed by atoms with van der Waals surface area (Å²) in [6.07, 6.45) is 4.84. The van der Waals surface area contributed by atoms with E-state index in [-0.39, 0.29) is 12.8 Å². The Morgan fingerprint density at radius 3 is 2.19 bits per heavy atom. The summed E-state index contributed by atoms with van der Waals surface area (Å²) in [6.45, 7) is 0. The van der Waals surface area contributed by atoms with Crippen molar-refractivity contribution in [1.29, 1.82) is 0 Å². The lowest BCUT2D eigenvalue weighted by Crippen LogP contribution is -2.53. The first kappa shape index (κ1) is 16.7. The zero-order valence-corrected chi connectivity index (χ0v) is 12.4. The zero-order valence-electron chi connectivity index (χ0n) is 11.6. The van der Waals surface area contributed by atoms with Gasteiger partial charge in [-0.2, -0.15) is 21.6 Å². The molecule has 21 heavy (non-hydrogen) atoms. The topological polar surface area (TPSA) is 60.4 Å². The van der Waals surface area contributed by atoms with E-state index in [0.29, 0.717) is 25.7 Å². The third kappa shape index (κ3) is 3.26. The molecule has 1 unspecified atom stereocenters. The van der Waals surface area contributed by atoms with Crippen LogP contribution in [-0.4, -0.2) is 25.3 Å². The molecule has 8 heteroatoms. The minimum atomic E-state index is -5.76. The van der Waals surface area contributed by atoms with Gasteiger partial charge >= 0.3 is 15.6 Å². The van der Waals surface area contributed by atoms with Gasteiger partial charge < -0.3 is 0 Å². The number of Topliss-reactive ketones (excluding diaryl/α,β-unsaturated/α-hetero) is 1. The molecule has 1 atom stereocenters. The molecular formula is C13H19F3O4S. The molecule has 2 saturated carbocycles. The summed E-state index contributed by atoms with van der Waals surface area (Å²) >= 11 is 0. The maximum atomic E-state index is 12.6. The molecule has 0 aliphatic heterocycles. The number of hydrogen-bond donors (Lipinski definition) is 0. The predicted octanol–water partition coefficient (Wildman–Crippen LogP) is 3.31. The molecule has 0 bridgehead atoms. The van der Waals surface area contributed by atoms with Crippen LogP contribution >= 0.6 is 0 Å². The highest BCUT2D eigenvalue weighted by Crippen LogP contribution is 2.45. The first-order chi connectivity index (χ1) is 9.69. The van der Waals surface area contributed by atoms with Gasteiger partial charge in [0.15, 0.2) is 5.78 Å². The predicted molar refractivity (Wildman–Crippen MR) is 68.8 cm³/mol. The molecule has 0 amide bonds. The quantitative estimate of drug-likeness (QED) is 0.589. The van der Waals surface area contributed by atoms with Crippen LogP contribution in [0.15, 0.2) is 0 Å². The number of halogens is 3. The van der Waals surface area contributed by atoms with Crippen LogP contribution in [0.2, 0.25) is 0 Å². The van der Waals surface area contributed by atoms with Crippen molar-refractivity contribution in [2.45, 2.75) is 68.9 Å². The molecule has 2 rings (SSSR count). The third-order valence-electron chi connectivity index (χ3n) is 4.48. The number of carbonyl (C=O) groups is 1. The fourth-order valence-electron chi connectivity index (χ4n) is 3.42. The average molecular weight is 328 g/mol. The van der Waals surface area contributed by atoms with Crippen molar-refractivity contribution in [3.63, 3.8) is 0 Å². The Morgan fingerprint density at radius 2 is 1.67 bits per heavy atom. The molecule has 0 aromatic rings. The fraction of sp³-hybridized carbons (Fsp3) is 0.923. The van der Waals surface area contributed by atoms with E-state index in [1.807, 2.05) is 0 Å². The van der Waals surface area contributed by atoms with E-state index >= 15 is 0 Å². The lowest BCUT2D eigenvalue weighted by Gasteiger charge is -2.42. The molecule has 122 valence electrons. The SMILES string of the molecule is O=C1CCCCC1(OS(=O)(=O)C(F)(F)F)C1CCCCC1. The van der Waals surface area contributed by atoms with Crippen molar-refractivity contribution in [2.24, 2.45) is 5.92 Å². The molecule has 0 aromatic carbocycles. The molecule has 2 aliphatic rings. The Labute approximate surface area is 122 Å². The maximum Gasteiger partial charge on any atom is 0.523 e. The van der Waals surface area contributed by atoms with Crippen molar-refractivity contribution < 1.29 is 30.6 Å². The van der Waals surface area contributed by atoms with E-state index in [2.05, 4.69) is 4.18 Å². The summed E-state index contributed by atoms with van der Waals surface area (Å²) in [5.74, 6) is -0.926. The molecule has 0 radical (unpaired) electrons. The number of rotatable bonds is 3. The number of carbonyl (C=O) groups excluding carboxylic acids is 1. The van der Waals surface area contributed by atoms with E-state index < -0.39 is 32.9 Å². The lowest BCUT2D eigenvalue weighted by atomic mass is 9.69. The van der Waals surface area contributed by atoms with E-state index in [1.54, 1.807) is 0 Å². The van der Waals surface area contributed by atoms with Gasteiger partial charge in [0.25, 0.3) is 0 Å². The van der Waals surface area contributed by atoms with Gasteiger partial charge in [-0.15, -0.1) is 0 Å². The van der Waals surface area contributed by atoms with Crippen LogP contribution in [0.1, 0.15) is 57.8 Å². The molecule has 4 nitrogen and oxygen atoms in total. The molecule has 0 spiro atoms. The first-order valence-corrected chi connectivity index (χ1v) is 8.65. The van der Waals surface area contributed by atoms with Gasteiger partial charge in [0.1, 0.15) is 5.60 Å². The summed E-state index contributed by atoms with van der Waals surface area (Å²) in [4.78, 5) is 12.3. The largest absolute Gasteiger partial charge is 0.523 e. The smallest absolute Gasteiger partial charge is 0.296 e. The molecule has 0 aromatic heterocycles. The van der Waals surface area contributed by atoms with Crippen LogP contribution in [0.4, 0.5) is 13.2 Å². The summed E-state index contributed by atoms with van der Waals surface area (Å²) < 4.78 is 65.3. The summed E-state index contributed by atoms with van der Waals surface area (Å²) in [7, 11) is -5.76. The minimum Gasteiger partial charge on any atom is -0.296 e. The Hall–Kier alpha value is -0.630. The third-order valence-corrected chi connectivity index (χ3v) is 5.56. The van der Waals surface area contributed by atoms with Gasteiger partial charge in [-0.1, -0.05) is 19.3 Å². The molecule has 2 fully saturated rings. The molecule has 0 N–H and O–H groups in total. The second-order valence-corrected chi connectivity index (χ2v) is 7.38. The first-order valence-electron chi connectivity index (χ1n) is 7.24. The van der Waals surface area contributed by atoms with Crippen molar-refractivity contribution in [2.75, 3.05) is 0 Å². The summed E-state index contributed by atoms with van der Waals surface area (Å²) in [6, 6.07) is 0. The minimum absolute atomic E-state index is 0.0613. The second kappa shape index (κ2) is 5.87. The van der Waals surface area contributed by atoms with Crippen molar-refractivity contribution in [3.8, 4) is 0 Å². The van der Waals surface area contributed by atoms with Gasteiger partial charge in [0.2, 0.25) is 0 Å². The standard InChI is InChI=1S/C13H19F3O4S/c14-13(15,16)21(18,19)20-12(9-5-4-8-11(12)17)10-6-2-1-3-7-10/h10H,1-9H2. The Morgan fingerprint density at radius 1 is 1.05 bits per heavy atom. The van der Waals surface area contributed by atoms with Crippen LogP contribution in [0.25, 0.3) is 0 Å². The number of hydrogen-bond acceptors (Lipinski definition) is 4. The number of ketones is 1. The van der Waals surface area contributed by atoms with Crippen molar-refractivity contribution in [3.05, 3.63) is 0 Å². The van der Waals surface area contributed by atoms with Crippen LogP contribution in [0, 0.1) is 5.92 Å². The molecule has 2 aliphatic carbocycles. The van der Waals surface area contributed by atoms with Gasteiger partial charge in [-0.05, 0) is 38.0 Å². The van der Waals surface area contributed by atoms with Crippen LogP contribution in [0.5, 0.6) is 0 Å². The van der Waals surface area contributed by atoms with Gasteiger partial charge in [0.05, 0.1) is 0 Å². The van der Waals surface area contributed by atoms with Gasteiger partial charge in [0, 0.05) is 6.42 Å².